The van der Waals surface area contributed by atoms with Crippen LogP contribution in [0.5, 0.6) is 0 Å². The van der Waals surface area contributed by atoms with Crippen LogP contribution in [0.25, 0.3) is 22.6 Å². The first kappa shape index (κ1) is 15.9. The Bertz CT molecular complexity index is 1080. The number of fused-ring (bicyclic) bond motifs is 1. The second-order valence-corrected chi connectivity index (χ2v) is 6.12. The third-order valence-corrected chi connectivity index (χ3v) is 4.03. The lowest BCUT2D eigenvalue weighted by molar-refractivity contribution is 0.102. The van der Waals surface area contributed by atoms with Crippen LogP contribution in [-0.4, -0.2) is 35.6 Å². The Morgan fingerprint density at radius 1 is 1.23 bits per heavy atom. The third kappa shape index (κ3) is 2.81. The Balaban J connectivity index is 1.63. The molecule has 130 valence electrons. The number of hydrogen-bond acceptors (Lipinski definition) is 5. The number of pyridine rings is 2. The second kappa shape index (κ2) is 6.40. The van der Waals surface area contributed by atoms with Crippen LogP contribution in [0, 0.1) is 0 Å². The number of amides is 1. The van der Waals surface area contributed by atoms with Gasteiger partial charge >= 0.3 is 0 Å². The Labute approximate surface area is 149 Å². The van der Waals surface area contributed by atoms with Crippen molar-refractivity contribution in [3.8, 4) is 11.5 Å². The number of H-pyrrole nitrogens is 1. The van der Waals surface area contributed by atoms with Gasteiger partial charge in [0.25, 0.3) is 5.91 Å². The Morgan fingerprint density at radius 2 is 2.12 bits per heavy atom. The first-order valence-electron chi connectivity index (χ1n) is 8.24. The average molecular weight is 347 g/mol. The molecule has 0 bridgehead atoms. The smallest absolute Gasteiger partial charge is 0.260 e. The number of nitrogens with one attached hydrogen (secondary N) is 2. The van der Waals surface area contributed by atoms with E-state index in [1.165, 1.54) is 0 Å². The maximum absolute atomic E-state index is 12.6. The SMILES string of the molecule is CC(C)n1cnnc1-c1cccc(NC(=O)c2c[nH]c3cccnc23)n1. The monoisotopic (exact) mass is 347 g/mol. The Hall–Kier alpha value is -3.55. The van der Waals surface area contributed by atoms with Crippen LogP contribution in [0.1, 0.15) is 30.2 Å². The molecular weight excluding hydrogens is 330 g/mol. The third-order valence-electron chi connectivity index (χ3n) is 4.03. The number of rotatable bonds is 4. The average Bonchev–Trinajstić information content (AvgIpc) is 3.29. The van der Waals surface area contributed by atoms with Crippen molar-refractivity contribution in [1.82, 2.24) is 29.7 Å². The molecule has 0 aromatic carbocycles. The van der Waals surface area contributed by atoms with Crippen molar-refractivity contribution in [2.75, 3.05) is 5.32 Å². The molecule has 0 aliphatic heterocycles. The van der Waals surface area contributed by atoms with Crippen LogP contribution in [0.2, 0.25) is 0 Å². The molecular formula is C18H17N7O. The van der Waals surface area contributed by atoms with Crippen molar-refractivity contribution in [1.29, 1.82) is 0 Å². The van der Waals surface area contributed by atoms with E-state index >= 15 is 0 Å². The van der Waals surface area contributed by atoms with Crippen molar-refractivity contribution >= 4 is 22.8 Å². The lowest BCUT2D eigenvalue weighted by Crippen LogP contribution is -2.13. The summed E-state index contributed by atoms with van der Waals surface area (Å²) in [6.45, 7) is 4.09. The first-order chi connectivity index (χ1) is 12.6. The summed E-state index contributed by atoms with van der Waals surface area (Å²) < 4.78 is 1.93. The molecule has 0 saturated heterocycles. The van der Waals surface area contributed by atoms with E-state index in [-0.39, 0.29) is 11.9 Å². The summed E-state index contributed by atoms with van der Waals surface area (Å²) in [5.74, 6) is 0.825. The van der Waals surface area contributed by atoms with Gasteiger partial charge in [-0.2, -0.15) is 0 Å². The molecule has 4 aromatic rings. The minimum atomic E-state index is -0.273. The van der Waals surface area contributed by atoms with Crippen molar-refractivity contribution < 1.29 is 4.79 Å². The number of hydrogen-bond donors (Lipinski definition) is 2. The van der Waals surface area contributed by atoms with Gasteiger partial charge in [-0.15, -0.1) is 10.2 Å². The van der Waals surface area contributed by atoms with E-state index < -0.39 is 0 Å². The number of aromatic amines is 1. The molecule has 0 unspecified atom stereocenters. The summed E-state index contributed by atoms with van der Waals surface area (Å²) >= 11 is 0. The molecule has 1 amide bonds. The van der Waals surface area contributed by atoms with Crippen LogP contribution in [-0.2, 0) is 0 Å². The maximum atomic E-state index is 12.6. The molecule has 0 atom stereocenters. The molecule has 0 aliphatic rings. The minimum absolute atomic E-state index is 0.206. The number of aromatic nitrogens is 6. The van der Waals surface area contributed by atoms with Crippen LogP contribution >= 0.6 is 0 Å². The predicted molar refractivity (Wildman–Crippen MR) is 97.7 cm³/mol. The van der Waals surface area contributed by atoms with Gasteiger partial charge in [-0.3, -0.25) is 9.78 Å². The van der Waals surface area contributed by atoms with Gasteiger partial charge in [0.1, 0.15) is 23.4 Å². The van der Waals surface area contributed by atoms with E-state index in [2.05, 4.69) is 30.5 Å². The standard InChI is InChI=1S/C18H17N7O/c1-11(2)25-10-21-24-17(25)14-5-3-7-15(22-14)23-18(26)12-9-20-13-6-4-8-19-16(12)13/h3-11,20H,1-2H3,(H,22,23,26). The van der Waals surface area contributed by atoms with Gasteiger partial charge in [0, 0.05) is 18.4 Å². The summed E-state index contributed by atoms with van der Waals surface area (Å²) in [5.41, 5.74) is 2.55. The first-order valence-corrected chi connectivity index (χ1v) is 8.24. The van der Waals surface area contributed by atoms with E-state index in [9.17, 15) is 4.79 Å². The van der Waals surface area contributed by atoms with Gasteiger partial charge in [-0.05, 0) is 38.1 Å². The van der Waals surface area contributed by atoms with Crippen molar-refractivity contribution in [2.24, 2.45) is 0 Å². The van der Waals surface area contributed by atoms with Gasteiger partial charge in [-0.1, -0.05) is 6.07 Å². The predicted octanol–water partition coefficient (Wildman–Crippen LogP) is 3.05. The largest absolute Gasteiger partial charge is 0.359 e. The molecule has 0 saturated carbocycles. The highest BCUT2D eigenvalue weighted by molar-refractivity contribution is 6.11. The van der Waals surface area contributed by atoms with Gasteiger partial charge in [0.2, 0.25) is 0 Å². The molecule has 0 aliphatic carbocycles. The van der Waals surface area contributed by atoms with Crippen molar-refractivity contribution in [3.63, 3.8) is 0 Å². The van der Waals surface area contributed by atoms with Gasteiger partial charge in [0.05, 0.1) is 11.1 Å². The zero-order valence-electron chi connectivity index (χ0n) is 14.3. The Kier molecular flexibility index (Phi) is 3.92. The van der Waals surface area contributed by atoms with Crippen molar-refractivity contribution in [3.05, 3.63) is 54.6 Å². The van der Waals surface area contributed by atoms with E-state index in [1.807, 2.05) is 42.7 Å². The van der Waals surface area contributed by atoms with Crippen LogP contribution < -0.4 is 5.32 Å². The number of carbonyl (C=O) groups excluding carboxylic acids is 1. The molecule has 4 heterocycles. The normalized spacial score (nSPS) is 11.2. The number of anilines is 1. The van der Waals surface area contributed by atoms with Gasteiger partial charge in [0.15, 0.2) is 5.82 Å². The molecule has 2 N–H and O–H groups in total. The summed E-state index contributed by atoms with van der Waals surface area (Å²) in [6.07, 6.45) is 4.97. The fourth-order valence-electron chi connectivity index (χ4n) is 2.74. The van der Waals surface area contributed by atoms with Crippen LogP contribution in [0.15, 0.2) is 49.1 Å². The quantitative estimate of drug-likeness (QED) is 0.591. The van der Waals surface area contributed by atoms with Gasteiger partial charge in [-0.25, -0.2) is 4.98 Å². The Morgan fingerprint density at radius 3 is 2.96 bits per heavy atom. The molecule has 4 rings (SSSR count). The second-order valence-electron chi connectivity index (χ2n) is 6.12. The molecule has 8 nitrogen and oxygen atoms in total. The number of nitrogens with zero attached hydrogens (tertiary/aromatic N) is 5. The highest BCUT2D eigenvalue weighted by atomic mass is 16.1. The van der Waals surface area contributed by atoms with E-state index in [0.717, 1.165) is 5.52 Å². The van der Waals surface area contributed by atoms with Crippen LogP contribution in [0.3, 0.4) is 0 Å². The summed E-state index contributed by atoms with van der Waals surface area (Å²) in [4.78, 5) is 24.4. The van der Waals surface area contributed by atoms with E-state index in [1.54, 1.807) is 24.8 Å². The highest BCUT2D eigenvalue weighted by Crippen LogP contribution is 2.21. The molecule has 0 fully saturated rings. The highest BCUT2D eigenvalue weighted by Gasteiger charge is 2.15. The fraction of sp³-hybridized carbons (Fsp3) is 0.167. The topological polar surface area (TPSA) is 101 Å². The zero-order chi connectivity index (χ0) is 18.1. The van der Waals surface area contributed by atoms with E-state index in [0.29, 0.717) is 28.4 Å². The lowest BCUT2D eigenvalue weighted by Gasteiger charge is -2.10. The summed E-state index contributed by atoms with van der Waals surface area (Å²) in [5, 5.41) is 10.9. The molecule has 0 radical (unpaired) electrons. The summed E-state index contributed by atoms with van der Waals surface area (Å²) in [6, 6.07) is 9.29. The van der Waals surface area contributed by atoms with Crippen LogP contribution in [0.4, 0.5) is 5.82 Å². The van der Waals surface area contributed by atoms with E-state index in [4.69, 9.17) is 0 Å². The summed E-state index contributed by atoms with van der Waals surface area (Å²) in [7, 11) is 0. The minimum Gasteiger partial charge on any atom is -0.359 e. The fourth-order valence-corrected chi connectivity index (χ4v) is 2.74. The van der Waals surface area contributed by atoms with Gasteiger partial charge < -0.3 is 14.9 Å². The molecule has 26 heavy (non-hydrogen) atoms. The number of carbonyl (C=O) groups is 1. The van der Waals surface area contributed by atoms with Crippen molar-refractivity contribution in [2.45, 2.75) is 19.9 Å². The lowest BCUT2D eigenvalue weighted by atomic mass is 10.2. The maximum Gasteiger partial charge on any atom is 0.260 e. The molecule has 0 spiro atoms. The molecule has 8 heteroatoms. The molecule has 4 aromatic heterocycles. The zero-order valence-corrected chi connectivity index (χ0v) is 14.3.